The van der Waals surface area contributed by atoms with Gasteiger partial charge in [0.05, 0.1) is 64.9 Å². The number of hydrogen-bond donors (Lipinski definition) is 1. The normalized spacial score (nSPS) is 14.5. The molecule has 0 amide bonds. The van der Waals surface area contributed by atoms with Gasteiger partial charge in [0.15, 0.2) is 18.9 Å². The first-order valence-corrected chi connectivity index (χ1v) is 16.5. The molecule has 0 spiro atoms. The summed E-state index contributed by atoms with van der Waals surface area (Å²) in [4.78, 5) is 2.32. The summed E-state index contributed by atoms with van der Waals surface area (Å²) in [5.74, 6) is 5.83. The van der Waals surface area contributed by atoms with Crippen LogP contribution in [0.5, 0.6) is 34.5 Å². The van der Waals surface area contributed by atoms with Crippen molar-refractivity contribution < 1.29 is 33.0 Å². The smallest absolute Gasteiger partial charge is 0.169 e. The van der Waals surface area contributed by atoms with E-state index in [4.69, 9.17) is 28.4 Å². The fraction of sp³-hybridized carbons (Fsp3) is 0.306. The number of nitrogens with zero attached hydrogens (tertiary/aromatic N) is 2. The Morgan fingerprint density at radius 1 is 0.739 bits per heavy atom. The van der Waals surface area contributed by atoms with Gasteiger partial charge in [-0.2, -0.15) is 12.6 Å². The largest absolute Gasteiger partial charge is 0.496 e. The Morgan fingerprint density at radius 2 is 1.26 bits per heavy atom. The van der Waals surface area contributed by atoms with Crippen molar-refractivity contribution in [3.8, 4) is 34.5 Å². The Kier molecular flexibility index (Phi) is 13.2. The number of thioether (sulfide) groups is 1. The molecule has 0 N–H and O–H groups in total. The minimum absolute atomic E-state index is 0.189. The molecule has 2 aromatic carbocycles. The molecule has 1 aromatic heterocycles. The van der Waals surface area contributed by atoms with Crippen LogP contribution in [0.3, 0.4) is 0 Å². The van der Waals surface area contributed by atoms with Crippen molar-refractivity contribution >= 4 is 42.6 Å². The summed E-state index contributed by atoms with van der Waals surface area (Å²) in [6.07, 6.45) is 18.9. The molecule has 1 atom stereocenters. The Balaban J connectivity index is 1.41. The van der Waals surface area contributed by atoms with Crippen molar-refractivity contribution in [1.82, 2.24) is 4.90 Å². The molecular weight excluding hydrogens is 621 g/mol. The summed E-state index contributed by atoms with van der Waals surface area (Å²) < 4.78 is 35.3. The highest BCUT2D eigenvalue weighted by molar-refractivity contribution is 8.00. The van der Waals surface area contributed by atoms with Gasteiger partial charge in [0.2, 0.25) is 0 Å². The molecule has 1 aliphatic rings. The molecule has 1 aliphatic heterocycles. The Bertz CT molecular complexity index is 1520. The van der Waals surface area contributed by atoms with Crippen LogP contribution < -0.4 is 33.0 Å². The number of allylic oxidation sites excluding steroid dienone is 3. The number of aromatic nitrogens is 1. The Labute approximate surface area is 282 Å². The molecular formula is C36H43N2O6S2+. The SMILES string of the molecule is COc1cc(OC)c(/C=C/C2=CC(SCC[n+]3ccc(/C=C/c4c(OC)cc(OC)cc4OC)cc3)N(CCS)C=C2)c(OC)c1. The minimum atomic E-state index is 0.189. The highest BCUT2D eigenvalue weighted by Crippen LogP contribution is 2.37. The third kappa shape index (κ3) is 8.98. The number of ether oxygens (including phenoxy) is 6. The minimum Gasteiger partial charge on any atom is -0.496 e. The predicted octanol–water partition coefficient (Wildman–Crippen LogP) is 6.65. The van der Waals surface area contributed by atoms with Crippen LogP contribution in [0.15, 0.2) is 78.8 Å². The highest BCUT2D eigenvalue weighted by Gasteiger charge is 2.18. The van der Waals surface area contributed by atoms with E-state index in [9.17, 15) is 0 Å². The maximum atomic E-state index is 5.61. The molecule has 8 nitrogen and oxygen atoms in total. The second-order valence-electron chi connectivity index (χ2n) is 10.1. The van der Waals surface area contributed by atoms with Crippen LogP contribution in [0.25, 0.3) is 18.2 Å². The maximum Gasteiger partial charge on any atom is 0.169 e. The lowest BCUT2D eigenvalue weighted by Gasteiger charge is -2.30. The van der Waals surface area contributed by atoms with Crippen LogP contribution >= 0.6 is 24.4 Å². The second kappa shape index (κ2) is 17.5. The van der Waals surface area contributed by atoms with E-state index in [1.807, 2.05) is 54.3 Å². The zero-order valence-corrected chi connectivity index (χ0v) is 29.0. The fourth-order valence-electron chi connectivity index (χ4n) is 4.92. The van der Waals surface area contributed by atoms with Crippen LogP contribution in [0, 0.1) is 0 Å². The van der Waals surface area contributed by atoms with Gasteiger partial charge in [-0.3, -0.25) is 0 Å². The lowest BCUT2D eigenvalue weighted by Crippen LogP contribution is -2.36. The number of aryl methyl sites for hydroxylation is 1. The standard InChI is InChI=1S/C36H42N2O6S2/c1-39-28-22-32(41-3)30(33(23-28)42-4)9-7-26-11-14-37(15-12-26)18-20-46-36-21-27(13-16-38(36)17-19-45)8-10-31-34(43-5)24-29(40-2)25-35(31)44-6/h7-16,21-25,36H,17-20H2,1-6H3/p+1/b9-7+,10-8+. The number of pyridine rings is 1. The molecule has 3 aromatic rings. The summed E-state index contributed by atoms with van der Waals surface area (Å²) in [7, 11) is 9.82. The summed E-state index contributed by atoms with van der Waals surface area (Å²) in [5.41, 5.74) is 3.90. The van der Waals surface area contributed by atoms with Crippen molar-refractivity contribution in [2.45, 2.75) is 11.9 Å². The first-order valence-electron chi connectivity index (χ1n) is 14.8. The van der Waals surface area contributed by atoms with E-state index >= 15 is 0 Å². The zero-order chi connectivity index (χ0) is 32.9. The first-order chi connectivity index (χ1) is 22.5. The summed E-state index contributed by atoms with van der Waals surface area (Å²) in [5, 5.41) is 0.189. The van der Waals surface area contributed by atoms with Gasteiger partial charge in [-0.15, -0.1) is 11.8 Å². The van der Waals surface area contributed by atoms with Crippen LogP contribution in [-0.4, -0.2) is 71.0 Å². The van der Waals surface area contributed by atoms with Gasteiger partial charge < -0.3 is 33.3 Å². The van der Waals surface area contributed by atoms with E-state index in [0.29, 0.717) is 34.5 Å². The molecule has 4 rings (SSSR count). The maximum absolute atomic E-state index is 5.61. The summed E-state index contributed by atoms with van der Waals surface area (Å²) in [6, 6.07) is 11.6. The van der Waals surface area contributed by atoms with E-state index in [1.165, 1.54) is 0 Å². The topological polar surface area (TPSA) is 62.5 Å². The van der Waals surface area contributed by atoms with Crippen molar-refractivity contribution in [3.05, 3.63) is 95.5 Å². The van der Waals surface area contributed by atoms with Gasteiger partial charge in [-0.05, 0) is 35.4 Å². The molecule has 10 heteroatoms. The van der Waals surface area contributed by atoms with Gasteiger partial charge in [0, 0.05) is 54.9 Å². The zero-order valence-electron chi connectivity index (χ0n) is 27.3. The van der Waals surface area contributed by atoms with Gasteiger partial charge in [-0.1, -0.05) is 12.2 Å². The highest BCUT2D eigenvalue weighted by atomic mass is 32.2. The van der Waals surface area contributed by atoms with E-state index in [0.717, 1.165) is 46.9 Å². The van der Waals surface area contributed by atoms with Crippen LogP contribution in [0.4, 0.5) is 0 Å². The van der Waals surface area contributed by atoms with E-state index in [2.05, 4.69) is 71.1 Å². The van der Waals surface area contributed by atoms with E-state index in [-0.39, 0.29) is 5.37 Å². The number of hydrogen-bond acceptors (Lipinski definition) is 9. The number of benzene rings is 2. The molecule has 46 heavy (non-hydrogen) atoms. The molecule has 0 saturated carbocycles. The predicted molar refractivity (Wildman–Crippen MR) is 191 cm³/mol. The third-order valence-electron chi connectivity index (χ3n) is 7.42. The number of methoxy groups -OCH3 is 6. The number of rotatable bonds is 16. The Morgan fingerprint density at radius 3 is 1.74 bits per heavy atom. The average Bonchev–Trinajstić information content (AvgIpc) is 3.10. The van der Waals surface area contributed by atoms with E-state index < -0.39 is 0 Å². The quantitative estimate of drug-likeness (QED) is 0.135. The van der Waals surface area contributed by atoms with Crippen molar-refractivity contribution in [3.63, 3.8) is 0 Å². The lowest BCUT2D eigenvalue weighted by molar-refractivity contribution is -0.692. The van der Waals surface area contributed by atoms with Gasteiger partial charge in [-0.25, -0.2) is 4.57 Å². The van der Waals surface area contributed by atoms with Crippen LogP contribution in [0.2, 0.25) is 0 Å². The summed E-state index contributed by atoms with van der Waals surface area (Å²) in [6.45, 7) is 1.74. The molecule has 0 bridgehead atoms. The van der Waals surface area contributed by atoms with Crippen LogP contribution in [0.1, 0.15) is 16.7 Å². The molecule has 0 radical (unpaired) electrons. The first kappa shape index (κ1) is 34.7. The Hall–Kier alpha value is -4.15. The van der Waals surface area contributed by atoms with Gasteiger partial charge in [0.1, 0.15) is 34.5 Å². The third-order valence-corrected chi connectivity index (χ3v) is 8.79. The lowest BCUT2D eigenvalue weighted by atomic mass is 10.1. The summed E-state index contributed by atoms with van der Waals surface area (Å²) >= 11 is 6.39. The van der Waals surface area contributed by atoms with E-state index in [1.54, 1.807) is 42.7 Å². The molecule has 1 unspecified atom stereocenters. The molecule has 0 aliphatic carbocycles. The van der Waals surface area contributed by atoms with Crippen LogP contribution in [-0.2, 0) is 6.54 Å². The molecule has 0 fully saturated rings. The molecule has 0 saturated heterocycles. The van der Waals surface area contributed by atoms with Gasteiger partial charge >= 0.3 is 0 Å². The second-order valence-corrected chi connectivity index (χ2v) is 11.8. The van der Waals surface area contributed by atoms with Crippen molar-refractivity contribution in [2.75, 3.05) is 60.7 Å². The van der Waals surface area contributed by atoms with Crippen molar-refractivity contribution in [2.24, 2.45) is 0 Å². The molecule has 244 valence electrons. The average molecular weight is 664 g/mol. The molecule has 2 heterocycles. The monoisotopic (exact) mass is 663 g/mol. The van der Waals surface area contributed by atoms with Crippen molar-refractivity contribution in [1.29, 1.82) is 0 Å². The number of thiol groups is 1. The fourth-order valence-corrected chi connectivity index (χ4v) is 6.32. The van der Waals surface area contributed by atoms with Gasteiger partial charge in [0.25, 0.3) is 0 Å².